The average Bonchev–Trinajstić information content (AvgIpc) is 3.23. The third-order valence-electron chi connectivity index (χ3n) is 11.0. The smallest absolute Gasteiger partial charge is 0.262 e. The second-order valence-electron chi connectivity index (χ2n) is 14.8. The van der Waals surface area contributed by atoms with Crippen LogP contribution < -0.4 is 25.2 Å². The van der Waals surface area contributed by atoms with Crippen LogP contribution in [0.15, 0.2) is 138 Å². The molecule has 9 heteroatoms. The van der Waals surface area contributed by atoms with Crippen LogP contribution in [0.2, 0.25) is 5.02 Å². The van der Waals surface area contributed by atoms with E-state index in [-0.39, 0.29) is 17.7 Å². The summed E-state index contributed by atoms with van der Waals surface area (Å²) >= 11 is 10.1. The maximum atomic E-state index is 14.5. The first-order valence-corrected chi connectivity index (χ1v) is 20.6. The van der Waals surface area contributed by atoms with E-state index in [9.17, 15) is 9.59 Å². The van der Waals surface area contributed by atoms with Crippen molar-refractivity contribution in [2.75, 3.05) is 27.5 Å². The van der Waals surface area contributed by atoms with Crippen molar-refractivity contribution in [1.82, 2.24) is 0 Å². The number of carbonyl (C=O) groups excluding carboxylic acids is 2. The number of ether oxygens (including phenoxy) is 1. The monoisotopic (exact) mass is 838 g/mol. The highest BCUT2D eigenvalue weighted by molar-refractivity contribution is 9.10. The molecule has 288 valence electrons. The highest BCUT2D eigenvalue weighted by atomic mass is 79.9. The minimum Gasteiger partial charge on any atom is -0.495 e. The van der Waals surface area contributed by atoms with E-state index in [2.05, 4.69) is 70.7 Å². The average molecular weight is 840 g/mol. The molecular weight excluding hydrogens is 796 g/mol. The normalized spacial score (nSPS) is 16.6. The number of hydrogen-bond donors (Lipinski definition) is 2. The molecule has 0 radical (unpaired) electrons. The summed E-state index contributed by atoms with van der Waals surface area (Å²) in [6.07, 6.45) is 3.07. The van der Waals surface area contributed by atoms with Crippen molar-refractivity contribution in [3.05, 3.63) is 182 Å². The van der Waals surface area contributed by atoms with Crippen molar-refractivity contribution in [1.29, 1.82) is 0 Å². The molecule has 2 N–H and O–H groups in total. The number of hydrogen-bond acceptors (Lipinski definition) is 5. The van der Waals surface area contributed by atoms with E-state index in [4.69, 9.17) is 16.3 Å². The molecule has 6 aromatic rings. The van der Waals surface area contributed by atoms with Gasteiger partial charge in [0.2, 0.25) is 0 Å². The second-order valence-corrected chi connectivity index (χ2v) is 16.0. The minimum absolute atomic E-state index is 0.0631. The highest BCUT2D eigenvalue weighted by Crippen LogP contribution is 2.43. The quantitative estimate of drug-likeness (QED) is 0.136. The number of benzene rings is 6. The molecule has 0 saturated carbocycles. The number of methoxy groups -OCH3 is 1. The van der Waals surface area contributed by atoms with Gasteiger partial charge in [0.25, 0.3) is 11.8 Å². The van der Waals surface area contributed by atoms with Crippen molar-refractivity contribution >= 4 is 62.1 Å². The van der Waals surface area contributed by atoms with Gasteiger partial charge in [0, 0.05) is 33.3 Å². The number of fused-ring (bicyclic) bond motifs is 2. The summed E-state index contributed by atoms with van der Waals surface area (Å²) in [5.74, 6) is 0.640. The molecule has 0 aromatic heterocycles. The Morgan fingerprint density at radius 2 is 1.37 bits per heavy atom. The fraction of sp³-hybridized carbons (Fsp3) is 0.208. The van der Waals surface area contributed by atoms with Gasteiger partial charge in [0.15, 0.2) is 0 Å². The zero-order chi connectivity index (χ0) is 39.6. The van der Waals surface area contributed by atoms with Crippen LogP contribution in [0.1, 0.15) is 93.5 Å². The molecule has 2 aliphatic rings. The Morgan fingerprint density at radius 1 is 0.719 bits per heavy atom. The fourth-order valence-electron chi connectivity index (χ4n) is 7.99. The van der Waals surface area contributed by atoms with E-state index >= 15 is 0 Å². The number of halogens is 2. The van der Waals surface area contributed by atoms with Gasteiger partial charge in [0.1, 0.15) is 18.1 Å². The van der Waals surface area contributed by atoms with Crippen molar-refractivity contribution in [3.8, 4) is 5.75 Å². The number of amides is 2. The fourth-order valence-corrected chi connectivity index (χ4v) is 8.73. The molecule has 3 unspecified atom stereocenters. The van der Waals surface area contributed by atoms with Crippen molar-refractivity contribution in [3.63, 3.8) is 0 Å². The van der Waals surface area contributed by atoms with Gasteiger partial charge in [-0.15, -0.1) is 0 Å². The van der Waals surface area contributed by atoms with Crippen molar-refractivity contribution in [2.24, 2.45) is 0 Å². The van der Waals surface area contributed by atoms with Gasteiger partial charge in [-0.3, -0.25) is 19.4 Å². The molecule has 2 amide bonds. The van der Waals surface area contributed by atoms with Gasteiger partial charge in [-0.1, -0.05) is 98.6 Å². The van der Waals surface area contributed by atoms with E-state index in [1.54, 1.807) is 12.0 Å². The molecule has 0 saturated heterocycles. The van der Waals surface area contributed by atoms with Crippen LogP contribution in [-0.4, -0.2) is 18.9 Å². The summed E-state index contributed by atoms with van der Waals surface area (Å²) in [4.78, 5) is 32.3. The third-order valence-corrected chi connectivity index (χ3v) is 11.8. The lowest BCUT2D eigenvalue weighted by Gasteiger charge is -2.39. The zero-order valence-electron chi connectivity index (χ0n) is 32.1. The molecule has 0 aliphatic carbocycles. The van der Waals surface area contributed by atoms with Crippen LogP contribution in [-0.2, 0) is 12.8 Å². The lowest BCUT2D eigenvalue weighted by atomic mass is 9.91. The molecule has 2 aliphatic heterocycles. The Kier molecular flexibility index (Phi) is 11.1. The molecule has 2 heterocycles. The molecule has 8 rings (SSSR count). The lowest BCUT2D eigenvalue weighted by molar-refractivity contribution is 0.0966. The molecular formula is C48H44BrClN4O3. The van der Waals surface area contributed by atoms with Crippen LogP contribution in [0.3, 0.4) is 0 Å². The number of nitrogens with one attached hydrogen (secondary N) is 2. The van der Waals surface area contributed by atoms with E-state index in [1.165, 1.54) is 5.56 Å². The van der Waals surface area contributed by atoms with E-state index < -0.39 is 12.3 Å². The van der Waals surface area contributed by atoms with Crippen LogP contribution in [0, 0.1) is 0 Å². The number of aryl methyl sites for hydroxylation is 1. The van der Waals surface area contributed by atoms with Crippen LogP contribution in [0.5, 0.6) is 5.75 Å². The van der Waals surface area contributed by atoms with E-state index in [1.807, 2.05) is 108 Å². The summed E-state index contributed by atoms with van der Waals surface area (Å²) < 4.78 is 6.61. The number of carbonyl (C=O) groups is 2. The Morgan fingerprint density at radius 3 is 2.11 bits per heavy atom. The van der Waals surface area contributed by atoms with Crippen LogP contribution in [0.25, 0.3) is 0 Å². The van der Waals surface area contributed by atoms with Crippen LogP contribution in [0.4, 0.5) is 22.7 Å². The predicted molar refractivity (Wildman–Crippen MR) is 235 cm³/mol. The molecule has 0 fully saturated rings. The SMILES string of the molecule is CCCCc1ccc(N2C(=O)c3cc(CC(C)c4ccc(N5C(=O)c6ccccc6NC5c5cccc(Br)c5OC)cc4)ccc3NC2c2cccc(Cl)c2)cc1. The number of nitrogens with zero attached hydrogens (tertiary/aromatic N) is 2. The first kappa shape index (κ1) is 38.3. The molecule has 6 aromatic carbocycles. The standard InChI is InChI=1S/C48H44BrClN4O3/c1-4-5-10-31-17-22-36(23-18-31)53-45(34-11-8-12-35(50)29-34)51-43-26-19-32(28-40(43)48(53)56)27-30(2)33-20-24-37(25-21-33)54-46(39-14-9-15-41(49)44(39)57-3)52-42-16-7-6-13-38(42)47(54)55/h6-9,11-26,28-30,45-46,51-52H,4-5,10,27H2,1-3H3. The Hall–Kier alpha value is -5.57. The highest BCUT2D eigenvalue weighted by Gasteiger charge is 2.37. The zero-order valence-corrected chi connectivity index (χ0v) is 34.5. The van der Waals surface area contributed by atoms with Gasteiger partial charge in [0.05, 0.1) is 22.7 Å². The maximum Gasteiger partial charge on any atom is 0.262 e. The van der Waals surface area contributed by atoms with E-state index in [0.29, 0.717) is 21.9 Å². The molecule has 0 bridgehead atoms. The van der Waals surface area contributed by atoms with Gasteiger partial charge in [-0.25, -0.2) is 0 Å². The number of unbranched alkanes of at least 4 members (excludes halogenated alkanes) is 1. The van der Waals surface area contributed by atoms with Gasteiger partial charge >= 0.3 is 0 Å². The summed E-state index contributed by atoms with van der Waals surface area (Å²) in [6, 6.07) is 43.8. The first-order valence-electron chi connectivity index (χ1n) is 19.4. The molecule has 7 nitrogen and oxygen atoms in total. The van der Waals surface area contributed by atoms with Crippen LogP contribution >= 0.6 is 27.5 Å². The van der Waals surface area contributed by atoms with Crippen molar-refractivity contribution in [2.45, 2.75) is 57.8 Å². The van der Waals surface area contributed by atoms with E-state index in [0.717, 1.165) is 75.2 Å². The lowest BCUT2D eigenvalue weighted by Crippen LogP contribution is -2.43. The Balaban J connectivity index is 1.06. The molecule has 57 heavy (non-hydrogen) atoms. The van der Waals surface area contributed by atoms with Gasteiger partial charge < -0.3 is 15.4 Å². The number of para-hydroxylation sites is 2. The van der Waals surface area contributed by atoms with Crippen molar-refractivity contribution < 1.29 is 14.3 Å². The molecule has 3 atom stereocenters. The topological polar surface area (TPSA) is 73.9 Å². The second kappa shape index (κ2) is 16.5. The molecule has 0 spiro atoms. The summed E-state index contributed by atoms with van der Waals surface area (Å²) in [5.41, 5.74) is 9.60. The third kappa shape index (κ3) is 7.64. The van der Waals surface area contributed by atoms with Gasteiger partial charge in [-0.2, -0.15) is 0 Å². The number of rotatable bonds is 11. The summed E-state index contributed by atoms with van der Waals surface area (Å²) in [7, 11) is 1.64. The first-order chi connectivity index (χ1) is 27.7. The predicted octanol–water partition coefficient (Wildman–Crippen LogP) is 12.3. The summed E-state index contributed by atoms with van der Waals surface area (Å²) in [5, 5.41) is 7.86. The van der Waals surface area contributed by atoms with Gasteiger partial charge in [-0.05, 0) is 130 Å². The number of anilines is 4. The Labute approximate surface area is 347 Å². The largest absolute Gasteiger partial charge is 0.495 e. The Bertz CT molecular complexity index is 2440. The summed E-state index contributed by atoms with van der Waals surface area (Å²) in [6.45, 7) is 4.38. The minimum atomic E-state index is -0.498. The maximum absolute atomic E-state index is 14.5.